The van der Waals surface area contributed by atoms with E-state index in [2.05, 4.69) is 57.2 Å². The molecule has 4 bridgehead atoms. The number of benzene rings is 2. The molecule has 1 aromatic heterocycles. The second-order valence-electron chi connectivity index (χ2n) is 11.9. The molecule has 3 aromatic rings. The highest BCUT2D eigenvalue weighted by Gasteiger charge is 2.56. The van der Waals surface area contributed by atoms with E-state index < -0.39 is 0 Å². The van der Waals surface area contributed by atoms with Crippen LogP contribution in [-0.4, -0.2) is 54.0 Å². The molecule has 1 heterocycles. The van der Waals surface area contributed by atoms with Crippen molar-refractivity contribution in [2.75, 3.05) is 27.7 Å². The van der Waals surface area contributed by atoms with Crippen LogP contribution in [0, 0.1) is 17.8 Å². The van der Waals surface area contributed by atoms with E-state index >= 15 is 0 Å². The summed E-state index contributed by atoms with van der Waals surface area (Å²) in [5.41, 5.74) is 2.83. The molecule has 37 heavy (non-hydrogen) atoms. The van der Waals surface area contributed by atoms with Crippen molar-refractivity contribution in [2.24, 2.45) is 17.8 Å². The summed E-state index contributed by atoms with van der Waals surface area (Å²) in [5, 5.41) is 1.04. The van der Waals surface area contributed by atoms with E-state index in [1.165, 1.54) is 19.3 Å². The monoisotopic (exact) mass is 561 g/mol. The fourth-order valence-electron chi connectivity index (χ4n) is 8.00. The third kappa shape index (κ3) is 4.57. The van der Waals surface area contributed by atoms with Crippen molar-refractivity contribution in [3.05, 3.63) is 70.2 Å². The van der Waals surface area contributed by atoms with Crippen molar-refractivity contribution in [3.63, 3.8) is 0 Å². The minimum atomic E-state index is -0.268. The van der Waals surface area contributed by atoms with Crippen LogP contribution in [0.1, 0.15) is 55.7 Å². The van der Waals surface area contributed by atoms with Gasteiger partial charge < -0.3 is 14.5 Å². The highest BCUT2D eigenvalue weighted by Crippen LogP contribution is 2.59. The van der Waals surface area contributed by atoms with Gasteiger partial charge in [-0.3, -0.25) is 4.79 Å². The van der Waals surface area contributed by atoms with E-state index in [1.807, 2.05) is 37.2 Å². The summed E-state index contributed by atoms with van der Waals surface area (Å²) in [5.74, 6) is 2.97. The van der Waals surface area contributed by atoms with Crippen LogP contribution in [0.3, 0.4) is 0 Å². The lowest BCUT2D eigenvalue weighted by Gasteiger charge is -2.62. The molecule has 6 heteroatoms. The molecule has 1 amide bonds. The number of nitrogens with zero attached hydrogens (tertiary/aromatic N) is 3. The molecule has 2 aromatic carbocycles. The first kappa shape index (κ1) is 24.9. The summed E-state index contributed by atoms with van der Waals surface area (Å²) >= 11 is 3.63. The van der Waals surface area contributed by atoms with Crippen LogP contribution < -0.4 is 4.74 Å². The number of pyridine rings is 1. The van der Waals surface area contributed by atoms with E-state index in [9.17, 15) is 4.79 Å². The van der Waals surface area contributed by atoms with Crippen LogP contribution in [0.4, 0.5) is 0 Å². The Bertz CT molecular complexity index is 1270. The van der Waals surface area contributed by atoms with Crippen LogP contribution in [0.15, 0.2) is 59.1 Å². The SMILES string of the molecule is COc1nc2ccc(Br)cc2cc1C(c1ccccc1)N(C(=O)CN(C)C)C12CC3CC(CC(C3)C1)C2. The third-order valence-corrected chi connectivity index (χ3v) is 9.36. The number of rotatable bonds is 7. The average molecular weight is 563 g/mol. The molecule has 1 unspecified atom stereocenters. The molecule has 0 N–H and O–H groups in total. The van der Waals surface area contributed by atoms with Gasteiger partial charge in [-0.25, -0.2) is 4.98 Å². The number of carbonyl (C=O) groups is 1. The number of likely N-dealkylation sites (N-methyl/N-ethyl adjacent to an activating group) is 1. The quantitative estimate of drug-likeness (QED) is 0.332. The lowest BCUT2D eigenvalue weighted by molar-refractivity contribution is -0.156. The molecule has 0 saturated heterocycles. The van der Waals surface area contributed by atoms with E-state index in [4.69, 9.17) is 9.72 Å². The van der Waals surface area contributed by atoms with Crippen molar-refractivity contribution in [1.29, 1.82) is 0 Å². The van der Waals surface area contributed by atoms with Gasteiger partial charge in [0.05, 0.1) is 25.2 Å². The fraction of sp³-hybridized carbons (Fsp3) is 0.484. The molecule has 4 fully saturated rings. The Hall–Kier alpha value is -2.44. The van der Waals surface area contributed by atoms with E-state index in [1.54, 1.807) is 7.11 Å². The minimum Gasteiger partial charge on any atom is -0.481 e. The van der Waals surface area contributed by atoms with Gasteiger partial charge in [-0.15, -0.1) is 0 Å². The van der Waals surface area contributed by atoms with Crippen LogP contribution in [-0.2, 0) is 4.79 Å². The number of hydrogen-bond acceptors (Lipinski definition) is 4. The number of amides is 1. The maximum atomic E-state index is 14.4. The number of methoxy groups -OCH3 is 1. The molecule has 4 aliphatic carbocycles. The second kappa shape index (κ2) is 9.70. The van der Waals surface area contributed by atoms with E-state index in [0.29, 0.717) is 12.4 Å². The average Bonchev–Trinajstić information content (AvgIpc) is 2.85. The number of ether oxygens (including phenoxy) is 1. The van der Waals surface area contributed by atoms with Crippen molar-refractivity contribution in [3.8, 4) is 5.88 Å². The molecule has 7 rings (SSSR count). The highest BCUT2D eigenvalue weighted by atomic mass is 79.9. The van der Waals surface area contributed by atoms with Crippen LogP contribution in [0.2, 0.25) is 0 Å². The summed E-state index contributed by atoms with van der Waals surface area (Å²) < 4.78 is 6.95. The van der Waals surface area contributed by atoms with Crippen molar-refractivity contribution in [2.45, 2.75) is 50.1 Å². The zero-order chi connectivity index (χ0) is 25.7. The standard InChI is InChI=1S/C31H36BrN3O2/c1-34(2)19-28(36)35(31-16-20-11-21(17-31)13-22(12-20)18-31)29(23-7-5-4-6-8-23)26-15-24-14-25(32)9-10-27(24)33-30(26)37-3/h4-10,14-15,20-22,29H,11-13,16-19H2,1-3H3. The molecular weight excluding hydrogens is 526 g/mol. The topological polar surface area (TPSA) is 45.7 Å². The Morgan fingerprint density at radius 3 is 2.27 bits per heavy atom. The Labute approximate surface area is 228 Å². The van der Waals surface area contributed by atoms with E-state index in [-0.39, 0.29) is 17.5 Å². The van der Waals surface area contributed by atoms with Crippen LogP contribution in [0.25, 0.3) is 10.9 Å². The van der Waals surface area contributed by atoms with Gasteiger partial charge in [0.25, 0.3) is 0 Å². The first-order valence-electron chi connectivity index (χ1n) is 13.5. The molecule has 0 radical (unpaired) electrons. The Kier molecular flexibility index (Phi) is 6.52. The Balaban J connectivity index is 1.58. The summed E-state index contributed by atoms with van der Waals surface area (Å²) in [7, 11) is 5.67. The first-order chi connectivity index (χ1) is 17.8. The van der Waals surface area contributed by atoms with Crippen molar-refractivity contribution in [1.82, 2.24) is 14.8 Å². The minimum absolute atomic E-state index is 0.125. The largest absolute Gasteiger partial charge is 0.481 e. The van der Waals surface area contributed by atoms with E-state index in [0.717, 1.165) is 63.5 Å². The molecule has 4 aliphatic rings. The van der Waals surface area contributed by atoms with Gasteiger partial charge in [0.1, 0.15) is 0 Å². The van der Waals surface area contributed by atoms with Gasteiger partial charge >= 0.3 is 0 Å². The van der Waals surface area contributed by atoms with Gasteiger partial charge in [-0.2, -0.15) is 0 Å². The predicted octanol–water partition coefficient (Wildman–Crippen LogP) is 6.45. The van der Waals surface area contributed by atoms with Gasteiger partial charge in [0.15, 0.2) is 0 Å². The molecule has 5 nitrogen and oxygen atoms in total. The maximum absolute atomic E-state index is 14.4. The molecular formula is C31H36BrN3O2. The summed E-state index contributed by atoms with van der Waals surface area (Å²) in [6, 6.07) is 18.6. The van der Waals surface area contributed by atoms with Gasteiger partial charge in [0.2, 0.25) is 11.8 Å². The summed E-state index contributed by atoms with van der Waals surface area (Å²) in [6.45, 7) is 0.389. The fourth-order valence-corrected chi connectivity index (χ4v) is 8.38. The first-order valence-corrected chi connectivity index (χ1v) is 14.3. The number of aromatic nitrogens is 1. The number of fused-ring (bicyclic) bond motifs is 1. The lowest BCUT2D eigenvalue weighted by Crippen LogP contribution is -2.63. The zero-order valence-corrected chi connectivity index (χ0v) is 23.6. The molecule has 194 valence electrons. The normalized spacial score (nSPS) is 27.0. The third-order valence-electron chi connectivity index (χ3n) is 8.87. The molecule has 0 aliphatic heterocycles. The number of hydrogen-bond donors (Lipinski definition) is 0. The van der Waals surface area contributed by atoms with Gasteiger partial charge in [0, 0.05) is 21.0 Å². The lowest BCUT2D eigenvalue weighted by atomic mass is 9.52. The van der Waals surface area contributed by atoms with Crippen LogP contribution in [0.5, 0.6) is 5.88 Å². The zero-order valence-electron chi connectivity index (χ0n) is 22.0. The highest BCUT2D eigenvalue weighted by molar-refractivity contribution is 9.10. The Morgan fingerprint density at radius 2 is 1.68 bits per heavy atom. The number of halogens is 1. The van der Waals surface area contributed by atoms with Crippen LogP contribution >= 0.6 is 15.9 Å². The van der Waals surface area contributed by atoms with Crippen molar-refractivity contribution < 1.29 is 9.53 Å². The summed E-state index contributed by atoms with van der Waals surface area (Å²) in [6.07, 6.45) is 7.32. The molecule has 1 atom stereocenters. The van der Waals surface area contributed by atoms with Gasteiger partial charge in [-0.05, 0) is 100 Å². The second-order valence-corrected chi connectivity index (χ2v) is 12.8. The smallest absolute Gasteiger partial charge is 0.237 e. The molecule has 4 saturated carbocycles. The predicted molar refractivity (Wildman–Crippen MR) is 151 cm³/mol. The number of carbonyl (C=O) groups excluding carboxylic acids is 1. The Morgan fingerprint density at radius 1 is 1.03 bits per heavy atom. The molecule has 0 spiro atoms. The van der Waals surface area contributed by atoms with Crippen molar-refractivity contribution >= 4 is 32.7 Å². The maximum Gasteiger partial charge on any atom is 0.237 e. The van der Waals surface area contributed by atoms with Gasteiger partial charge in [-0.1, -0.05) is 46.3 Å². The summed E-state index contributed by atoms with van der Waals surface area (Å²) in [4.78, 5) is 23.6.